The predicted molar refractivity (Wildman–Crippen MR) is 281 cm³/mol. The number of hydrogen-bond acceptors (Lipinski definition) is 11. The summed E-state index contributed by atoms with van der Waals surface area (Å²) in [7, 11) is 0. The quantitative estimate of drug-likeness (QED) is 0.0431. The van der Waals surface area contributed by atoms with Crippen molar-refractivity contribution in [3.63, 3.8) is 0 Å². The van der Waals surface area contributed by atoms with E-state index in [0.717, 1.165) is 25.7 Å². The number of hydrogen-bond donors (Lipinski definition) is 4. The van der Waals surface area contributed by atoms with Crippen LogP contribution in [0, 0.1) is 41.4 Å². The highest BCUT2D eigenvalue weighted by Crippen LogP contribution is 2.54. The molecule has 4 fully saturated rings. The predicted octanol–water partition coefficient (Wildman–Crippen LogP) is 12.4. The lowest BCUT2D eigenvalue weighted by atomic mass is 9.72. The summed E-state index contributed by atoms with van der Waals surface area (Å²) < 4.78 is 40.6. The number of carbonyl (C=O) groups excluding carboxylic acids is 2. The van der Waals surface area contributed by atoms with Crippen molar-refractivity contribution < 1.29 is 58.1 Å². The molecule has 5 aliphatic rings. The van der Waals surface area contributed by atoms with Gasteiger partial charge in [-0.25, -0.2) is 4.79 Å². The molecule has 13 heteroatoms. The van der Waals surface area contributed by atoms with Crippen LogP contribution < -0.4 is 5.32 Å². The summed E-state index contributed by atoms with van der Waals surface area (Å²) in [6.45, 7) is 22.4. The Labute approximate surface area is 435 Å². The molecule has 0 unspecified atom stereocenters. The molecule has 72 heavy (non-hydrogen) atoms. The van der Waals surface area contributed by atoms with E-state index in [2.05, 4.69) is 33.0 Å². The lowest BCUT2D eigenvalue weighted by Crippen LogP contribution is -2.65. The number of ether oxygens (including phenoxy) is 6. The maximum absolute atomic E-state index is 14.8. The van der Waals surface area contributed by atoms with Crippen LogP contribution in [0.15, 0.2) is 12.2 Å². The van der Waals surface area contributed by atoms with Gasteiger partial charge in [0.2, 0.25) is 0 Å². The highest BCUT2D eigenvalue weighted by molar-refractivity contribution is 5.84. The van der Waals surface area contributed by atoms with Crippen molar-refractivity contribution in [1.82, 2.24) is 5.32 Å². The minimum absolute atomic E-state index is 0.0244. The van der Waals surface area contributed by atoms with E-state index in [-0.39, 0.29) is 29.6 Å². The van der Waals surface area contributed by atoms with E-state index in [1.54, 1.807) is 6.92 Å². The fourth-order valence-corrected chi connectivity index (χ4v) is 13.3. The van der Waals surface area contributed by atoms with Crippen LogP contribution in [0.1, 0.15) is 230 Å². The average molecular weight is 1020 g/mol. The van der Waals surface area contributed by atoms with Crippen LogP contribution in [0.25, 0.3) is 0 Å². The summed E-state index contributed by atoms with van der Waals surface area (Å²) in [6.07, 6.45) is 23.4. The molecule has 0 radical (unpaired) electrons. The van der Waals surface area contributed by atoms with E-state index < -0.39 is 95.1 Å². The summed E-state index contributed by atoms with van der Waals surface area (Å²) in [5.41, 5.74) is -1.73. The van der Waals surface area contributed by atoms with Crippen molar-refractivity contribution in [1.29, 1.82) is 0 Å². The number of carbonyl (C=O) groups is 3. The number of Topliss-reactive ketones (excluding diaryl/α,β-unsaturated/α-hetero) is 1. The Balaban J connectivity index is 1.26. The van der Waals surface area contributed by atoms with Gasteiger partial charge in [0.15, 0.2) is 11.6 Å². The Morgan fingerprint density at radius 2 is 1.36 bits per heavy atom. The molecule has 0 saturated carbocycles. The van der Waals surface area contributed by atoms with Crippen molar-refractivity contribution >= 4 is 17.8 Å². The Hall–Kier alpha value is -2.13. The first-order valence-electron chi connectivity index (χ1n) is 29.4. The van der Waals surface area contributed by atoms with E-state index in [9.17, 15) is 29.7 Å². The molecule has 416 valence electrons. The second-order valence-corrected chi connectivity index (χ2v) is 23.8. The van der Waals surface area contributed by atoms with Crippen molar-refractivity contribution in [3.8, 4) is 0 Å². The summed E-state index contributed by atoms with van der Waals surface area (Å²) >= 11 is 0. The second kappa shape index (κ2) is 27.8. The van der Waals surface area contributed by atoms with Crippen LogP contribution in [-0.4, -0.2) is 105 Å². The van der Waals surface area contributed by atoms with E-state index in [0.29, 0.717) is 64.4 Å². The zero-order valence-corrected chi connectivity index (χ0v) is 46.9. The van der Waals surface area contributed by atoms with Crippen molar-refractivity contribution in [2.45, 2.75) is 296 Å². The van der Waals surface area contributed by atoms with Gasteiger partial charge in [0.05, 0.1) is 60.4 Å². The highest BCUT2D eigenvalue weighted by Gasteiger charge is 2.63. The molecule has 4 saturated heterocycles. The maximum Gasteiger partial charge on any atom is 0.407 e. The summed E-state index contributed by atoms with van der Waals surface area (Å²) in [5.74, 6) is -6.06. The monoisotopic (exact) mass is 1020 g/mol. The smallest absolute Gasteiger partial charge is 0.407 e. The first-order chi connectivity index (χ1) is 34.2. The molecule has 5 aliphatic heterocycles. The largest absolute Gasteiger partial charge is 0.481 e. The zero-order valence-electron chi connectivity index (χ0n) is 46.9. The third-order valence-corrected chi connectivity index (χ3v) is 18.5. The van der Waals surface area contributed by atoms with E-state index >= 15 is 0 Å². The van der Waals surface area contributed by atoms with Gasteiger partial charge in [-0.15, -0.1) is 0 Å². The Morgan fingerprint density at radius 3 is 1.93 bits per heavy atom. The maximum atomic E-state index is 14.8. The number of aliphatic hydroxyl groups excluding tert-OH is 1. The van der Waals surface area contributed by atoms with Crippen molar-refractivity contribution in [3.05, 3.63) is 12.2 Å². The molecule has 0 aromatic carbocycles. The van der Waals surface area contributed by atoms with Gasteiger partial charge in [-0.1, -0.05) is 152 Å². The second-order valence-electron chi connectivity index (χ2n) is 23.8. The normalized spacial score (nSPS) is 37.0. The molecule has 0 bridgehead atoms. The first-order valence-corrected chi connectivity index (χ1v) is 29.4. The van der Waals surface area contributed by atoms with Gasteiger partial charge >= 0.3 is 12.1 Å². The number of rotatable bonds is 28. The van der Waals surface area contributed by atoms with Crippen molar-refractivity contribution in [2.24, 2.45) is 41.4 Å². The van der Waals surface area contributed by atoms with Gasteiger partial charge in [0.1, 0.15) is 11.8 Å². The van der Waals surface area contributed by atoms with Crippen LogP contribution in [-0.2, 0) is 38.0 Å². The van der Waals surface area contributed by atoms with Crippen LogP contribution in [0.4, 0.5) is 4.79 Å². The third-order valence-electron chi connectivity index (χ3n) is 18.5. The number of unbranched alkanes of at least 4 members (excludes halogenated alkanes) is 13. The van der Waals surface area contributed by atoms with Gasteiger partial charge in [0.25, 0.3) is 0 Å². The first kappa shape index (κ1) is 60.7. The van der Waals surface area contributed by atoms with E-state index in [1.165, 1.54) is 70.6 Å². The molecule has 5 rings (SSSR count). The molecule has 4 N–H and O–H groups in total. The number of aliphatic carboxylic acids is 1. The average Bonchev–Trinajstić information content (AvgIpc) is 3.70. The topological polar surface area (TPSA) is 179 Å². The Morgan fingerprint density at radius 1 is 0.750 bits per heavy atom. The molecule has 1 amide bonds. The van der Waals surface area contributed by atoms with Crippen LogP contribution >= 0.6 is 0 Å². The number of amides is 1. The third kappa shape index (κ3) is 14.9. The molecular formula is C59H103NO12. The van der Waals surface area contributed by atoms with Gasteiger partial charge in [-0.05, 0) is 96.0 Å². The van der Waals surface area contributed by atoms with Crippen LogP contribution in [0.5, 0.6) is 0 Å². The Kier molecular flexibility index (Phi) is 23.4. The number of carboxylic acid groups (broad SMARTS) is 1. The minimum atomic E-state index is -1.36. The number of alkyl carbamates (subject to hydrolysis) is 1. The molecule has 0 aromatic rings. The van der Waals surface area contributed by atoms with E-state index in [4.69, 9.17) is 28.4 Å². The lowest BCUT2D eigenvalue weighted by molar-refractivity contribution is -0.398. The number of ketones is 1. The fraction of sp³-hybridized carbons (Fsp3) is 0.915. The summed E-state index contributed by atoms with van der Waals surface area (Å²) in [4.78, 5) is 40.5. The SMILES string of the molecule is CCCCCCCCCCCCCCCCOC(=O)N[C@@H]1C=C[C@]2(O[C@H]([C@@H](CC)C(=O)[C@@H](C)[C@@H](O)[C@H](C)[C@@H]3O[C@@H]([C@@H](CC)C(=O)O)CC[C@@H]3C)[C@@H](C)C[C@H]2C)O[C@@]12CC[C@@](C)([C@H]1CC[C@](O)(CC)[C@H](C)O1)O2. The Bertz CT molecular complexity index is 1710. The molecule has 18 atom stereocenters. The molecular weight excluding hydrogens is 915 g/mol. The van der Waals surface area contributed by atoms with Gasteiger partial charge < -0.3 is 49.1 Å². The molecule has 5 heterocycles. The molecule has 0 aliphatic carbocycles. The standard InChI is InChI=1S/C59H103NO12/c1-12-16-17-18-19-20-21-22-23-24-25-26-27-28-37-67-55(65)60-48-31-34-58(72-59(48)36-35-56(11,71-59)49-32-33-57(66,15-4)44(10)68-49)41(7)38-40(6)53(70-58)46(14-3)51(62)42(8)50(61)43(9)52-39(5)29-30-47(69-52)45(13-2)54(63)64/h31,34,39-50,52-53,61,66H,12-30,32-33,35-38H2,1-11H3,(H,60,65)(H,63,64)/t39-,40-,41+,42-,43-,44-,45+,46-,47+,48+,49+,50+,52+,53-,56-,57+,58-,59-/m0/s1. The van der Waals surface area contributed by atoms with Gasteiger partial charge in [0, 0.05) is 30.1 Å². The highest BCUT2D eigenvalue weighted by atomic mass is 16.8. The minimum Gasteiger partial charge on any atom is -0.481 e. The number of carboxylic acids is 1. The van der Waals surface area contributed by atoms with Crippen LogP contribution in [0.2, 0.25) is 0 Å². The molecule has 2 spiro atoms. The van der Waals surface area contributed by atoms with Gasteiger partial charge in [-0.2, -0.15) is 0 Å². The summed E-state index contributed by atoms with van der Waals surface area (Å²) in [5, 5.41) is 36.3. The summed E-state index contributed by atoms with van der Waals surface area (Å²) in [6, 6.07) is -0.719. The number of nitrogens with one attached hydrogen (secondary N) is 1. The van der Waals surface area contributed by atoms with Crippen molar-refractivity contribution in [2.75, 3.05) is 6.61 Å². The van der Waals surface area contributed by atoms with Gasteiger partial charge in [-0.3, -0.25) is 9.59 Å². The fourth-order valence-electron chi connectivity index (χ4n) is 13.3. The number of aliphatic hydroxyl groups is 2. The van der Waals surface area contributed by atoms with E-state index in [1.807, 2.05) is 53.7 Å². The molecule has 13 nitrogen and oxygen atoms in total. The zero-order chi connectivity index (χ0) is 52.9. The van der Waals surface area contributed by atoms with Crippen LogP contribution in [0.3, 0.4) is 0 Å². The molecule has 0 aromatic heterocycles. The lowest BCUT2D eigenvalue weighted by Gasteiger charge is -2.55.